The fourth-order valence-electron chi connectivity index (χ4n) is 2.57. The lowest BCUT2D eigenvalue weighted by atomic mass is 9.99. The van der Waals surface area contributed by atoms with Crippen LogP contribution < -0.4 is 5.32 Å². The Morgan fingerprint density at radius 3 is 2.62 bits per heavy atom. The molecule has 0 aromatic heterocycles. The van der Waals surface area contributed by atoms with Crippen LogP contribution in [0, 0.1) is 5.82 Å². The van der Waals surface area contributed by atoms with Crippen LogP contribution in [0.3, 0.4) is 0 Å². The minimum Gasteiger partial charge on any atom is -0.314 e. The Hall–Kier alpha value is -0.130. The molecule has 1 heterocycles. The third-order valence-corrected chi connectivity index (χ3v) is 4.05. The van der Waals surface area contributed by atoms with Gasteiger partial charge >= 0.3 is 0 Å². The van der Waals surface area contributed by atoms with E-state index in [0.717, 1.165) is 49.1 Å². The molecule has 1 aliphatic rings. The average molecular weight is 400 g/mol. The molecule has 1 N–H and O–H groups in total. The average Bonchev–Trinajstić information content (AvgIpc) is 2.44. The first-order valence-corrected chi connectivity index (χ1v) is 7.52. The van der Waals surface area contributed by atoms with E-state index in [-0.39, 0.29) is 36.7 Å². The Morgan fingerprint density at radius 2 is 2.00 bits per heavy atom. The molecule has 0 radical (unpaired) electrons. The van der Waals surface area contributed by atoms with Crippen LogP contribution in [0.15, 0.2) is 35.3 Å². The van der Waals surface area contributed by atoms with Crippen molar-refractivity contribution in [2.45, 2.75) is 18.9 Å². The van der Waals surface area contributed by atoms with Gasteiger partial charge in [-0.25, -0.2) is 4.39 Å². The number of allylic oxidation sites excluding steroid dienone is 1. The Labute approximate surface area is 147 Å². The van der Waals surface area contributed by atoms with E-state index in [4.69, 9.17) is 0 Å². The number of hydrogen-bond donors (Lipinski definition) is 1. The van der Waals surface area contributed by atoms with Gasteiger partial charge in [-0.2, -0.15) is 0 Å². The molecule has 6 heteroatoms. The number of nitrogens with one attached hydrogen (secondary N) is 1. The largest absolute Gasteiger partial charge is 0.314 e. The topological polar surface area (TPSA) is 15.3 Å². The van der Waals surface area contributed by atoms with Crippen LogP contribution in [0.1, 0.15) is 24.4 Å². The van der Waals surface area contributed by atoms with E-state index >= 15 is 0 Å². The standard InChI is InChI=1S/C15H20BrFN2.2ClH/c1-2-3-4-15(19-9-7-18-8-10-19)13-11-12(16)5-6-14(13)17;;/h2,5-6,11,15,18H,1,3-4,7-10H2;2*1H/t15-;;/m0../s1. The van der Waals surface area contributed by atoms with Crippen LogP contribution in [0.4, 0.5) is 4.39 Å². The zero-order valence-electron chi connectivity index (χ0n) is 11.9. The monoisotopic (exact) mass is 398 g/mol. The van der Waals surface area contributed by atoms with Crippen LogP contribution in [0.25, 0.3) is 0 Å². The van der Waals surface area contributed by atoms with Gasteiger partial charge in [0.1, 0.15) is 5.82 Å². The summed E-state index contributed by atoms with van der Waals surface area (Å²) in [7, 11) is 0. The summed E-state index contributed by atoms with van der Waals surface area (Å²) >= 11 is 3.44. The molecule has 2 rings (SSSR count). The summed E-state index contributed by atoms with van der Waals surface area (Å²) in [6.45, 7) is 7.65. The number of benzene rings is 1. The maximum atomic E-state index is 14.1. The summed E-state index contributed by atoms with van der Waals surface area (Å²) in [5.74, 6) is -0.115. The predicted octanol–water partition coefficient (Wildman–Crippen LogP) is 4.34. The summed E-state index contributed by atoms with van der Waals surface area (Å²) < 4.78 is 15.0. The summed E-state index contributed by atoms with van der Waals surface area (Å²) in [5, 5.41) is 3.34. The van der Waals surface area contributed by atoms with E-state index < -0.39 is 0 Å². The molecule has 0 saturated carbocycles. The normalized spacial score (nSPS) is 16.5. The molecule has 0 amide bonds. The highest BCUT2D eigenvalue weighted by Gasteiger charge is 2.24. The van der Waals surface area contributed by atoms with Crippen molar-refractivity contribution in [2.24, 2.45) is 0 Å². The van der Waals surface area contributed by atoms with Gasteiger partial charge in [-0.1, -0.05) is 22.0 Å². The Balaban J connectivity index is 0.00000200. The van der Waals surface area contributed by atoms with Gasteiger partial charge in [0.05, 0.1) is 0 Å². The molecular formula is C15H22BrCl2FN2. The number of piperazine rings is 1. The molecule has 0 unspecified atom stereocenters. The minimum atomic E-state index is -0.115. The van der Waals surface area contributed by atoms with Gasteiger partial charge in [0, 0.05) is 42.3 Å². The van der Waals surface area contributed by atoms with E-state index in [0.29, 0.717) is 0 Å². The molecule has 1 aromatic carbocycles. The van der Waals surface area contributed by atoms with Crippen molar-refractivity contribution in [3.05, 3.63) is 46.7 Å². The van der Waals surface area contributed by atoms with Crippen molar-refractivity contribution in [3.8, 4) is 0 Å². The molecule has 1 aliphatic heterocycles. The molecule has 21 heavy (non-hydrogen) atoms. The molecule has 2 nitrogen and oxygen atoms in total. The highest BCUT2D eigenvalue weighted by molar-refractivity contribution is 9.10. The van der Waals surface area contributed by atoms with Crippen molar-refractivity contribution in [1.29, 1.82) is 0 Å². The van der Waals surface area contributed by atoms with Crippen molar-refractivity contribution in [3.63, 3.8) is 0 Å². The molecule has 0 bridgehead atoms. The fraction of sp³-hybridized carbons (Fsp3) is 0.467. The lowest BCUT2D eigenvalue weighted by Gasteiger charge is -2.35. The first-order valence-electron chi connectivity index (χ1n) is 6.73. The number of hydrogen-bond acceptors (Lipinski definition) is 2. The van der Waals surface area contributed by atoms with Crippen LogP contribution >= 0.6 is 40.7 Å². The second-order valence-electron chi connectivity index (χ2n) is 4.83. The highest BCUT2D eigenvalue weighted by Crippen LogP contribution is 2.30. The van der Waals surface area contributed by atoms with Crippen molar-refractivity contribution in [2.75, 3.05) is 26.2 Å². The molecule has 1 aromatic rings. The molecule has 0 aliphatic carbocycles. The number of nitrogens with zero attached hydrogens (tertiary/aromatic N) is 1. The Morgan fingerprint density at radius 1 is 1.33 bits per heavy atom. The van der Waals surface area contributed by atoms with Crippen LogP contribution in [0.2, 0.25) is 0 Å². The predicted molar refractivity (Wildman–Crippen MR) is 95.2 cm³/mol. The van der Waals surface area contributed by atoms with E-state index in [1.807, 2.05) is 12.1 Å². The summed E-state index contributed by atoms with van der Waals surface area (Å²) in [5.41, 5.74) is 0.790. The van der Waals surface area contributed by atoms with Crippen molar-refractivity contribution >= 4 is 40.7 Å². The third kappa shape index (κ3) is 5.87. The molecule has 1 fully saturated rings. The van der Waals surface area contributed by atoms with Crippen molar-refractivity contribution < 1.29 is 4.39 Å². The lowest BCUT2D eigenvalue weighted by molar-refractivity contribution is 0.163. The van der Waals surface area contributed by atoms with Gasteiger partial charge in [0.2, 0.25) is 0 Å². The zero-order valence-corrected chi connectivity index (χ0v) is 15.1. The quantitative estimate of drug-likeness (QED) is 0.740. The summed E-state index contributed by atoms with van der Waals surface area (Å²) in [6, 6.07) is 5.34. The Bertz CT molecular complexity index is 440. The maximum Gasteiger partial charge on any atom is 0.128 e. The summed E-state index contributed by atoms with van der Waals surface area (Å²) in [4.78, 5) is 2.37. The van der Waals surface area contributed by atoms with Gasteiger partial charge in [0.25, 0.3) is 0 Å². The van der Waals surface area contributed by atoms with Gasteiger partial charge < -0.3 is 5.32 Å². The second-order valence-corrected chi connectivity index (χ2v) is 5.75. The number of halogens is 4. The fourth-order valence-corrected chi connectivity index (χ4v) is 2.95. The van der Waals surface area contributed by atoms with E-state index in [1.54, 1.807) is 12.1 Å². The Kier molecular flexibility index (Phi) is 10.5. The smallest absolute Gasteiger partial charge is 0.128 e. The van der Waals surface area contributed by atoms with E-state index in [9.17, 15) is 4.39 Å². The molecule has 1 saturated heterocycles. The van der Waals surface area contributed by atoms with Gasteiger partial charge in [-0.05, 0) is 31.0 Å². The van der Waals surface area contributed by atoms with Gasteiger partial charge in [0.15, 0.2) is 0 Å². The first kappa shape index (κ1) is 20.9. The molecular weight excluding hydrogens is 378 g/mol. The summed E-state index contributed by atoms with van der Waals surface area (Å²) in [6.07, 6.45) is 3.72. The zero-order chi connectivity index (χ0) is 13.7. The molecule has 120 valence electrons. The first-order chi connectivity index (χ1) is 9.22. The highest BCUT2D eigenvalue weighted by atomic mass is 79.9. The van der Waals surface area contributed by atoms with Crippen LogP contribution in [-0.2, 0) is 0 Å². The SMILES string of the molecule is C=CCC[C@@H](c1cc(Br)ccc1F)N1CCNCC1.Cl.Cl. The third-order valence-electron chi connectivity index (χ3n) is 3.55. The lowest BCUT2D eigenvalue weighted by Crippen LogP contribution is -2.45. The minimum absolute atomic E-state index is 0. The van der Waals surface area contributed by atoms with Crippen molar-refractivity contribution in [1.82, 2.24) is 10.2 Å². The van der Waals surface area contributed by atoms with E-state index in [1.165, 1.54) is 0 Å². The van der Waals surface area contributed by atoms with Crippen LogP contribution in [-0.4, -0.2) is 31.1 Å². The number of rotatable bonds is 5. The van der Waals surface area contributed by atoms with E-state index in [2.05, 4.69) is 32.7 Å². The van der Waals surface area contributed by atoms with Gasteiger partial charge in [-0.15, -0.1) is 31.4 Å². The maximum absolute atomic E-state index is 14.1. The second kappa shape index (κ2) is 10.6. The molecule has 0 spiro atoms. The molecule has 1 atom stereocenters. The van der Waals surface area contributed by atoms with Crippen LogP contribution in [0.5, 0.6) is 0 Å². The van der Waals surface area contributed by atoms with Gasteiger partial charge in [-0.3, -0.25) is 4.90 Å².